The number of fused-ring (bicyclic) bond motifs is 3. The Morgan fingerprint density at radius 2 is 2.33 bits per heavy atom. The molecule has 0 atom stereocenters. The van der Waals surface area contributed by atoms with E-state index in [-0.39, 0.29) is 0 Å². The van der Waals surface area contributed by atoms with Crippen LogP contribution in [0.15, 0.2) is 12.3 Å². The van der Waals surface area contributed by atoms with Gasteiger partial charge >= 0.3 is 0 Å². The van der Waals surface area contributed by atoms with E-state index in [1.807, 2.05) is 6.20 Å². The third kappa shape index (κ3) is 0.670. The second kappa shape index (κ2) is 2.09. The largest absolute Gasteiger partial charge is 0.491 e. The smallest absolute Gasteiger partial charge is 0.141 e. The molecule has 0 bridgehead atoms. The second-order valence-electron chi connectivity index (χ2n) is 3.17. The Hall–Kier alpha value is -1.31. The highest BCUT2D eigenvalue weighted by Gasteiger charge is 2.20. The molecule has 0 N–H and O–H groups in total. The summed E-state index contributed by atoms with van der Waals surface area (Å²) in [5.74, 6) is 0.998. The summed E-state index contributed by atoms with van der Waals surface area (Å²) >= 11 is 0. The standard InChI is InChI=1S/C10H9NO/c1-2-7-8-4-5-12-10(8)6-11-9(7)3-1/h1,3,6H,2,4-5H2. The number of ether oxygens (including phenoxy) is 1. The molecule has 2 nitrogen and oxygen atoms in total. The number of nitrogens with zero attached hydrogens (tertiary/aromatic N) is 1. The number of hydrogen-bond donors (Lipinski definition) is 0. The van der Waals surface area contributed by atoms with E-state index in [4.69, 9.17) is 4.74 Å². The lowest BCUT2D eigenvalue weighted by Gasteiger charge is -2.03. The fourth-order valence-electron chi connectivity index (χ4n) is 1.91. The summed E-state index contributed by atoms with van der Waals surface area (Å²) in [5, 5.41) is 0. The van der Waals surface area contributed by atoms with Gasteiger partial charge in [0.1, 0.15) is 5.75 Å². The molecule has 0 unspecified atom stereocenters. The molecule has 0 spiro atoms. The van der Waals surface area contributed by atoms with Crippen LogP contribution in [-0.2, 0) is 12.8 Å². The number of allylic oxidation sites excluding steroid dienone is 1. The summed E-state index contributed by atoms with van der Waals surface area (Å²) in [6.07, 6.45) is 8.19. The van der Waals surface area contributed by atoms with Crippen LogP contribution in [0.3, 0.4) is 0 Å². The number of hydrogen-bond acceptors (Lipinski definition) is 2. The van der Waals surface area contributed by atoms with Gasteiger partial charge < -0.3 is 4.74 Å². The second-order valence-corrected chi connectivity index (χ2v) is 3.17. The normalized spacial score (nSPS) is 17.3. The van der Waals surface area contributed by atoms with Gasteiger partial charge in [-0.15, -0.1) is 0 Å². The predicted octanol–water partition coefficient (Wildman–Crippen LogP) is 1.59. The van der Waals surface area contributed by atoms with Crippen LogP contribution in [0, 0.1) is 0 Å². The maximum atomic E-state index is 5.43. The van der Waals surface area contributed by atoms with E-state index in [1.165, 1.54) is 11.1 Å². The molecule has 2 heterocycles. The lowest BCUT2D eigenvalue weighted by Crippen LogP contribution is -1.92. The van der Waals surface area contributed by atoms with Crippen LogP contribution < -0.4 is 4.74 Å². The van der Waals surface area contributed by atoms with Crippen molar-refractivity contribution >= 4 is 6.08 Å². The fraction of sp³-hybridized carbons (Fsp3) is 0.300. The Labute approximate surface area is 70.9 Å². The van der Waals surface area contributed by atoms with Crippen molar-refractivity contribution in [3.63, 3.8) is 0 Å². The highest BCUT2D eigenvalue weighted by Crippen LogP contribution is 2.32. The summed E-state index contributed by atoms with van der Waals surface area (Å²) in [4.78, 5) is 4.32. The van der Waals surface area contributed by atoms with Crippen molar-refractivity contribution in [3.05, 3.63) is 29.1 Å². The molecule has 0 radical (unpaired) electrons. The molecule has 0 saturated heterocycles. The average molecular weight is 159 g/mol. The highest BCUT2D eigenvalue weighted by atomic mass is 16.5. The van der Waals surface area contributed by atoms with E-state index in [0.717, 1.165) is 30.9 Å². The van der Waals surface area contributed by atoms with Crippen molar-refractivity contribution in [2.45, 2.75) is 12.8 Å². The minimum absolute atomic E-state index is 0.827. The average Bonchev–Trinajstić information content (AvgIpc) is 2.71. The minimum Gasteiger partial charge on any atom is -0.491 e. The lowest BCUT2D eigenvalue weighted by atomic mass is 10.1. The van der Waals surface area contributed by atoms with Gasteiger partial charge in [-0.25, -0.2) is 0 Å². The molecule has 12 heavy (non-hydrogen) atoms. The Morgan fingerprint density at radius 3 is 3.33 bits per heavy atom. The van der Waals surface area contributed by atoms with Crippen LogP contribution in [0.5, 0.6) is 5.75 Å². The Bertz CT molecular complexity index is 368. The maximum absolute atomic E-state index is 5.43. The van der Waals surface area contributed by atoms with Crippen molar-refractivity contribution in [1.29, 1.82) is 0 Å². The van der Waals surface area contributed by atoms with Crippen molar-refractivity contribution < 1.29 is 4.74 Å². The zero-order valence-corrected chi connectivity index (χ0v) is 6.71. The van der Waals surface area contributed by atoms with Crippen LogP contribution in [0.25, 0.3) is 6.08 Å². The molecule has 0 fully saturated rings. The number of pyridine rings is 1. The van der Waals surface area contributed by atoms with Crippen molar-refractivity contribution in [2.75, 3.05) is 6.61 Å². The molecular formula is C10H9NO. The third-order valence-electron chi connectivity index (χ3n) is 2.50. The van der Waals surface area contributed by atoms with E-state index >= 15 is 0 Å². The molecule has 0 aromatic carbocycles. The van der Waals surface area contributed by atoms with Gasteiger partial charge in [-0.05, 0) is 18.1 Å². The molecule has 1 aromatic heterocycles. The van der Waals surface area contributed by atoms with E-state index in [2.05, 4.69) is 17.1 Å². The molecule has 2 aliphatic rings. The van der Waals surface area contributed by atoms with Gasteiger partial charge in [0.2, 0.25) is 0 Å². The molecule has 0 amide bonds. The van der Waals surface area contributed by atoms with Crippen LogP contribution in [0.2, 0.25) is 0 Å². The van der Waals surface area contributed by atoms with E-state index < -0.39 is 0 Å². The van der Waals surface area contributed by atoms with Gasteiger partial charge in [0.15, 0.2) is 0 Å². The first-order chi connectivity index (χ1) is 5.95. The van der Waals surface area contributed by atoms with Crippen molar-refractivity contribution in [2.24, 2.45) is 0 Å². The highest BCUT2D eigenvalue weighted by molar-refractivity contribution is 5.61. The third-order valence-corrected chi connectivity index (χ3v) is 2.50. The fourth-order valence-corrected chi connectivity index (χ4v) is 1.91. The first kappa shape index (κ1) is 6.23. The van der Waals surface area contributed by atoms with E-state index in [1.54, 1.807) is 0 Å². The minimum atomic E-state index is 0.827. The van der Waals surface area contributed by atoms with Gasteiger partial charge in [-0.2, -0.15) is 0 Å². The van der Waals surface area contributed by atoms with Crippen LogP contribution >= 0.6 is 0 Å². The Kier molecular flexibility index (Phi) is 1.09. The summed E-state index contributed by atoms with van der Waals surface area (Å²) in [6.45, 7) is 0.827. The molecular weight excluding hydrogens is 150 g/mol. The van der Waals surface area contributed by atoms with E-state index in [0.29, 0.717) is 0 Å². The predicted molar refractivity (Wildman–Crippen MR) is 46.2 cm³/mol. The van der Waals surface area contributed by atoms with Gasteiger partial charge in [-0.3, -0.25) is 4.98 Å². The van der Waals surface area contributed by atoms with Gasteiger partial charge in [-0.1, -0.05) is 6.08 Å². The zero-order chi connectivity index (χ0) is 7.97. The zero-order valence-electron chi connectivity index (χ0n) is 6.71. The molecule has 60 valence electrons. The molecule has 1 aliphatic carbocycles. The molecule has 1 aromatic rings. The number of aromatic nitrogens is 1. The SMILES string of the molecule is C1=Cc2ncc3c(c2C1)CCO3. The monoisotopic (exact) mass is 159 g/mol. The van der Waals surface area contributed by atoms with E-state index in [9.17, 15) is 0 Å². The van der Waals surface area contributed by atoms with Crippen LogP contribution in [-0.4, -0.2) is 11.6 Å². The van der Waals surface area contributed by atoms with Gasteiger partial charge in [0, 0.05) is 12.0 Å². The molecule has 1 aliphatic heterocycles. The first-order valence-electron chi connectivity index (χ1n) is 4.25. The lowest BCUT2D eigenvalue weighted by molar-refractivity contribution is 0.355. The summed E-state index contributed by atoms with van der Waals surface area (Å²) in [6, 6.07) is 0. The van der Waals surface area contributed by atoms with Gasteiger partial charge in [0.05, 0.1) is 18.5 Å². The van der Waals surface area contributed by atoms with Crippen molar-refractivity contribution in [3.8, 4) is 5.75 Å². The quantitative estimate of drug-likeness (QED) is 0.573. The summed E-state index contributed by atoms with van der Waals surface area (Å²) < 4.78 is 5.43. The maximum Gasteiger partial charge on any atom is 0.141 e. The van der Waals surface area contributed by atoms with Crippen LogP contribution in [0.4, 0.5) is 0 Å². The summed E-state index contributed by atoms with van der Waals surface area (Å²) in [5.41, 5.74) is 3.90. The Balaban J connectivity index is 2.27. The Morgan fingerprint density at radius 1 is 1.33 bits per heavy atom. The van der Waals surface area contributed by atoms with Crippen molar-refractivity contribution in [1.82, 2.24) is 4.98 Å². The molecule has 0 saturated carbocycles. The molecule has 3 rings (SSSR count). The topological polar surface area (TPSA) is 22.1 Å². The molecule has 2 heteroatoms. The number of rotatable bonds is 0. The summed E-state index contributed by atoms with van der Waals surface area (Å²) in [7, 11) is 0. The van der Waals surface area contributed by atoms with Crippen LogP contribution in [0.1, 0.15) is 16.8 Å². The van der Waals surface area contributed by atoms with Gasteiger partial charge in [0.25, 0.3) is 0 Å². The first-order valence-corrected chi connectivity index (χ1v) is 4.25.